The second kappa shape index (κ2) is 9.20. The van der Waals surface area contributed by atoms with E-state index in [9.17, 15) is 5.11 Å². The molecule has 2 aromatic rings. The molecule has 22 heavy (non-hydrogen) atoms. The Morgan fingerprint density at radius 1 is 1.18 bits per heavy atom. The first-order chi connectivity index (χ1) is 10.8. The SMILES string of the molecule is C=CCOC[C@@H](O)CN(Cc1ccccc1)Cc1ccco1. The molecule has 1 heterocycles. The molecule has 1 aromatic carbocycles. The number of benzene rings is 1. The molecule has 0 bridgehead atoms. The zero-order chi connectivity index (χ0) is 15.6. The number of aliphatic hydroxyl groups excluding tert-OH is 1. The highest BCUT2D eigenvalue weighted by atomic mass is 16.5. The molecule has 0 aliphatic carbocycles. The largest absolute Gasteiger partial charge is 0.468 e. The van der Waals surface area contributed by atoms with Crippen molar-refractivity contribution in [3.63, 3.8) is 0 Å². The van der Waals surface area contributed by atoms with Gasteiger partial charge in [-0.15, -0.1) is 6.58 Å². The summed E-state index contributed by atoms with van der Waals surface area (Å²) in [4.78, 5) is 2.15. The molecule has 0 saturated carbocycles. The second-order valence-electron chi connectivity index (χ2n) is 5.21. The molecule has 4 nitrogen and oxygen atoms in total. The molecule has 0 aliphatic heterocycles. The molecule has 2 rings (SSSR count). The van der Waals surface area contributed by atoms with Crippen molar-refractivity contribution >= 4 is 0 Å². The summed E-state index contributed by atoms with van der Waals surface area (Å²) in [6, 6.07) is 14.0. The third-order valence-corrected chi connectivity index (χ3v) is 3.22. The van der Waals surface area contributed by atoms with Gasteiger partial charge in [0.1, 0.15) is 5.76 Å². The minimum absolute atomic E-state index is 0.301. The van der Waals surface area contributed by atoms with E-state index < -0.39 is 6.10 Å². The Hall–Kier alpha value is -1.88. The molecule has 1 atom stereocenters. The van der Waals surface area contributed by atoms with Crippen molar-refractivity contribution in [1.29, 1.82) is 0 Å². The lowest BCUT2D eigenvalue weighted by molar-refractivity contribution is 0.0216. The maximum atomic E-state index is 10.1. The van der Waals surface area contributed by atoms with E-state index in [1.54, 1.807) is 12.3 Å². The summed E-state index contributed by atoms with van der Waals surface area (Å²) in [5.74, 6) is 0.884. The van der Waals surface area contributed by atoms with Crippen LogP contribution < -0.4 is 0 Å². The zero-order valence-electron chi connectivity index (χ0n) is 12.7. The lowest BCUT2D eigenvalue weighted by Gasteiger charge is -2.24. The standard InChI is InChI=1S/C18H23NO3/c1-2-10-21-15-17(20)13-19(14-18-9-6-11-22-18)12-16-7-4-3-5-8-16/h2-9,11,17,20H,1,10,12-15H2/t17-/m0/s1. The lowest BCUT2D eigenvalue weighted by atomic mass is 10.2. The Balaban J connectivity index is 1.93. The number of furan rings is 1. The highest BCUT2D eigenvalue weighted by Gasteiger charge is 2.14. The molecule has 1 aromatic heterocycles. The minimum atomic E-state index is -0.543. The van der Waals surface area contributed by atoms with Crippen molar-refractivity contribution in [3.8, 4) is 0 Å². The second-order valence-corrected chi connectivity index (χ2v) is 5.21. The quantitative estimate of drug-likeness (QED) is 0.541. The number of aliphatic hydroxyl groups is 1. The fourth-order valence-corrected chi connectivity index (χ4v) is 2.29. The van der Waals surface area contributed by atoms with Crippen LogP contribution in [-0.2, 0) is 17.8 Å². The van der Waals surface area contributed by atoms with Crippen molar-refractivity contribution < 1.29 is 14.3 Å². The molecular formula is C18H23NO3. The Kier molecular flexibility index (Phi) is 6.90. The molecule has 0 saturated heterocycles. The van der Waals surface area contributed by atoms with Crippen LogP contribution in [0, 0.1) is 0 Å². The van der Waals surface area contributed by atoms with Gasteiger partial charge in [-0.2, -0.15) is 0 Å². The smallest absolute Gasteiger partial charge is 0.117 e. The molecule has 1 N–H and O–H groups in total. The first-order valence-electron chi connectivity index (χ1n) is 7.43. The maximum absolute atomic E-state index is 10.1. The monoisotopic (exact) mass is 301 g/mol. The van der Waals surface area contributed by atoms with E-state index in [-0.39, 0.29) is 0 Å². The highest BCUT2D eigenvalue weighted by Crippen LogP contribution is 2.11. The third kappa shape index (κ3) is 5.85. The minimum Gasteiger partial charge on any atom is -0.468 e. The van der Waals surface area contributed by atoms with Gasteiger partial charge in [0.05, 0.1) is 32.1 Å². The van der Waals surface area contributed by atoms with Gasteiger partial charge in [0.25, 0.3) is 0 Å². The van der Waals surface area contributed by atoms with Crippen molar-refractivity contribution in [1.82, 2.24) is 4.90 Å². The maximum Gasteiger partial charge on any atom is 0.117 e. The summed E-state index contributed by atoms with van der Waals surface area (Å²) >= 11 is 0. The topological polar surface area (TPSA) is 45.8 Å². The van der Waals surface area contributed by atoms with Gasteiger partial charge in [-0.25, -0.2) is 0 Å². The Morgan fingerprint density at radius 3 is 2.68 bits per heavy atom. The van der Waals surface area contributed by atoms with Crippen molar-refractivity contribution in [2.24, 2.45) is 0 Å². The van der Waals surface area contributed by atoms with Crippen LogP contribution >= 0.6 is 0 Å². The van der Waals surface area contributed by atoms with Crippen LogP contribution in [0.25, 0.3) is 0 Å². The van der Waals surface area contributed by atoms with Crippen LogP contribution in [0.3, 0.4) is 0 Å². The normalized spacial score (nSPS) is 12.5. The van der Waals surface area contributed by atoms with Gasteiger partial charge >= 0.3 is 0 Å². The van der Waals surface area contributed by atoms with E-state index in [2.05, 4.69) is 23.6 Å². The van der Waals surface area contributed by atoms with E-state index in [1.165, 1.54) is 5.56 Å². The van der Waals surface area contributed by atoms with Gasteiger partial charge in [0.15, 0.2) is 0 Å². The lowest BCUT2D eigenvalue weighted by Crippen LogP contribution is -2.34. The number of rotatable bonds is 10. The van der Waals surface area contributed by atoms with Gasteiger partial charge < -0.3 is 14.3 Å². The Labute approximate surface area is 131 Å². The molecule has 0 aliphatic rings. The van der Waals surface area contributed by atoms with Crippen LogP contribution in [0.2, 0.25) is 0 Å². The average Bonchev–Trinajstić information content (AvgIpc) is 3.01. The predicted octanol–water partition coefficient (Wildman–Crippen LogP) is 2.85. The zero-order valence-corrected chi connectivity index (χ0v) is 12.7. The first kappa shape index (κ1) is 16.5. The van der Waals surface area contributed by atoms with Crippen LogP contribution in [0.5, 0.6) is 0 Å². The van der Waals surface area contributed by atoms with Crippen molar-refractivity contribution in [2.75, 3.05) is 19.8 Å². The van der Waals surface area contributed by atoms with Crippen molar-refractivity contribution in [3.05, 3.63) is 72.7 Å². The fraction of sp³-hybridized carbons (Fsp3) is 0.333. The Morgan fingerprint density at radius 2 is 2.00 bits per heavy atom. The summed E-state index contributed by atoms with van der Waals surface area (Å²) in [5, 5.41) is 10.1. The van der Waals surface area contributed by atoms with Crippen molar-refractivity contribution in [2.45, 2.75) is 19.2 Å². The molecule has 118 valence electrons. The molecule has 0 fully saturated rings. The van der Waals surface area contributed by atoms with Crippen LogP contribution in [0.1, 0.15) is 11.3 Å². The molecule has 0 spiro atoms. The summed E-state index contributed by atoms with van der Waals surface area (Å²) in [6.45, 7) is 6.27. The first-order valence-corrected chi connectivity index (χ1v) is 7.43. The third-order valence-electron chi connectivity index (χ3n) is 3.22. The van der Waals surface area contributed by atoms with Gasteiger partial charge in [0.2, 0.25) is 0 Å². The summed E-state index contributed by atoms with van der Waals surface area (Å²) < 4.78 is 10.7. The van der Waals surface area contributed by atoms with E-state index in [0.29, 0.717) is 26.3 Å². The highest BCUT2D eigenvalue weighted by molar-refractivity contribution is 5.14. The van der Waals surface area contributed by atoms with Gasteiger partial charge in [-0.1, -0.05) is 36.4 Å². The molecule has 0 unspecified atom stereocenters. The fourth-order valence-electron chi connectivity index (χ4n) is 2.29. The number of nitrogens with zero attached hydrogens (tertiary/aromatic N) is 1. The average molecular weight is 301 g/mol. The molecule has 4 heteroatoms. The molecular weight excluding hydrogens is 278 g/mol. The molecule has 0 amide bonds. The van der Waals surface area contributed by atoms with E-state index in [0.717, 1.165) is 12.3 Å². The van der Waals surface area contributed by atoms with Crippen LogP contribution in [0.15, 0.2) is 65.8 Å². The number of hydrogen-bond donors (Lipinski definition) is 1. The summed E-state index contributed by atoms with van der Waals surface area (Å²) in [6.07, 6.45) is 2.80. The van der Waals surface area contributed by atoms with E-state index in [1.807, 2.05) is 30.3 Å². The van der Waals surface area contributed by atoms with Crippen LogP contribution in [-0.4, -0.2) is 35.9 Å². The van der Waals surface area contributed by atoms with Crippen LogP contribution in [0.4, 0.5) is 0 Å². The van der Waals surface area contributed by atoms with Gasteiger partial charge in [0, 0.05) is 13.1 Å². The van der Waals surface area contributed by atoms with Gasteiger partial charge in [-0.3, -0.25) is 4.90 Å². The number of ether oxygens (including phenoxy) is 1. The Bertz CT molecular complexity index is 525. The van der Waals surface area contributed by atoms with E-state index >= 15 is 0 Å². The summed E-state index contributed by atoms with van der Waals surface area (Å²) in [7, 11) is 0. The predicted molar refractivity (Wildman–Crippen MR) is 86.3 cm³/mol. The van der Waals surface area contributed by atoms with Gasteiger partial charge in [-0.05, 0) is 17.7 Å². The summed E-state index contributed by atoms with van der Waals surface area (Å²) in [5.41, 5.74) is 1.20. The number of hydrogen-bond acceptors (Lipinski definition) is 4. The van der Waals surface area contributed by atoms with E-state index in [4.69, 9.17) is 9.15 Å². The molecule has 0 radical (unpaired) electrons.